The summed E-state index contributed by atoms with van der Waals surface area (Å²) in [5.74, 6) is -0.732. The molecule has 1 atom stereocenters. The number of ether oxygens (including phenoxy) is 1. The molecule has 2 aromatic carbocycles. The van der Waals surface area contributed by atoms with E-state index < -0.39 is 0 Å². The molecule has 1 aliphatic heterocycles. The fourth-order valence-corrected chi connectivity index (χ4v) is 3.03. The number of rotatable bonds is 2. The van der Waals surface area contributed by atoms with Crippen molar-refractivity contribution in [1.82, 2.24) is 4.98 Å². The smallest absolute Gasteiger partial charge is 0.314 e. The van der Waals surface area contributed by atoms with Crippen molar-refractivity contribution in [2.75, 3.05) is 7.11 Å². The number of para-hydroxylation sites is 1. The van der Waals surface area contributed by atoms with E-state index in [-0.39, 0.29) is 17.8 Å². The Bertz CT molecular complexity index is 1050. The molecule has 0 saturated carbocycles. The van der Waals surface area contributed by atoms with E-state index in [0.717, 1.165) is 26.6 Å². The van der Waals surface area contributed by atoms with E-state index in [4.69, 9.17) is 4.74 Å². The topological polar surface area (TPSA) is 68.6 Å². The largest absolute Gasteiger partial charge is 0.469 e. The average molecular weight is 425 g/mol. The van der Waals surface area contributed by atoms with Gasteiger partial charge in [0.1, 0.15) is 0 Å². The van der Waals surface area contributed by atoms with E-state index in [1.54, 1.807) is 19.2 Å². The number of halogens is 1. The maximum absolute atomic E-state index is 11.4. The highest BCUT2D eigenvalue weighted by atomic mass is 79.9. The summed E-state index contributed by atoms with van der Waals surface area (Å²) in [5.41, 5.74) is 3.22. The molecule has 0 N–H and O–H groups in total. The fourth-order valence-electron chi connectivity index (χ4n) is 2.65. The van der Waals surface area contributed by atoms with Gasteiger partial charge in [-0.05, 0) is 37.3 Å². The molecule has 3 aromatic rings. The standard InChI is InChI=1S/C13H13NO2.C8H4BrNO/c1-9(13(15)16-2)11-8-7-10-5-3-4-6-12(10)14-11;9-6-1-2-7-5(3-6)4-10-8(7)11/h3-9H,1-2H3;1-4H. The van der Waals surface area contributed by atoms with Crippen LogP contribution in [0.15, 0.2) is 64.1 Å². The first-order valence-electron chi connectivity index (χ1n) is 8.31. The summed E-state index contributed by atoms with van der Waals surface area (Å²) in [6.07, 6.45) is 1.59. The normalized spacial score (nSPS) is 12.9. The molecule has 1 aromatic heterocycles. The Morgan fingerprint density at radius 1 is 1.11 bits per heavy atom. The van der Waals surface area contributed by atoms with Crippen LogP contribution in [0.2, 0.25) is 0 Å². The average Bonchev–Trinajstić information content (AvgIpc) is 3.06. The number of aliphatic imine (C=N–C) groups is 1. The van der Waals surface area contributed by atoms with Gasteiger partial charge in [0.05, 0.1) is 29.8 Å². The number of hydrogen-bond acceptors (Lipinski definition) is 4. The van der Waals surface area contributed by atoms with E-state index in [2.05, 4.69) is 25.9 Å². The predicted octanol–water partition coefficient (Wildman–Crippen LogP) is 4.53. The zero-order valence-corrected chi connectivity index (χ0v) is 16.4. The van der Waals surface area contributed by atoms with Gasteiger partial charge >= 0.3 is 5.97 Å². The molecule has 4 rings (SSSR count). The van der Waals surface area contributed by atoms with Gasteiger partial charge in [0.15, 0.2) is 0 Å². The molecule has 5 nitrogen and oxygen atoms in total. The van der Waals surface area contributed by atoms with Gasteiger partial charge < -0.3 is 4.74 Å². The van der Waals surface area contributed by atoms with Crippen LogP contribution in [0.25, 0.3) is 10.9 Å². The maximum atomic E-state index is 11.4. The van der Waals surface area contributed by atoms with Crippen LogP contribution in [-0.2, 0) is 9.53 Å². The van der Waals surface area contributed by atoms with Crippen molar-refractivity contribution in [3.8, 4) is 0 Å². The monoisotopic (exact) mass is 424 g/mol. The molecule has 0 saturated heterocycles. The van der Waals surface area contributed by atoms with E-state index >= 15 is 0 Å². The molecule has 2 heterocycles. The highest BCUT2D eigenvalue weighted by Gasteiger charge is 2.17. The Labute approximate surface area is 165 Å². The number of pyridine rings is 1. The van der Waals surface area contributed by atoms with E-state index in [1.807, 2.05) is 48.5 Å². The number of hydrogen-bond donors (Lipinski definition) is 0. The van der Waals surface area contributed by atoms with Gasteiger partial charge in [-0.25, -0.2) is 4.99 Å². The molecule has 136 valence electrons. The molecule has 0 radical (unpaired) electrons. The predicted molar refractivity (Wildman–Crippen MR) is 108 cm³/mol. The van der Waals surface area contributed by atoms with E-state index in [9.17, 15) is 9.59 Å². The van der Waals surface area contributed by atoms with Crippen LogP contribution in [0.5, 0.6) is 0 Å². The van der Waals surface area contributed by atoms with Crippen molar-refractivity contribution in [2.45, 2.75) is 12.8 Å². The first-order valence-corrected chi connectivity index (χ1v) is 9.10. The number of carbonyl (C=O) groups is 2. The number of fused-ring (bicyclic) bond motifs is 2. The number of amides is 1. The Balaban J connectivity index is 0.000000166. The zero-order valence-electron chi connectivity index (χ0n) is 14.8. The summed E-state index contributed by atoms with van der Waals surface area (Å²) in [6, 6.07) is 17.2. The summed E-state index contributed by atoms with van der Waals surface area (Å²) in [7, 11) is 1.39. The molecule has 1 amide bonds. The number of nitrogens with zero attached hydrogens (tertiary/aromatic N) is 2. The second-order valence-corrected chi connectivity index (χ2v) is 6.88. The lowest BCUT2D eigenvalue weighted by Gasteiger charge is -2.09. The van der Waals surface area contributed by atoms with E-state index in [1.165, 1.54) is 7.11 Å². The molecule has 1 aliphatic rings. The summed E-state index contributed by atoms with van der Waals surface area (Å²) in [4.78, 5) is 30.5. The van der Waals surface area contributed by atoms with Crippen LogP contribution in [-0.4, -0.2) is 30.2 Å². The molecule has 6 heteroatoms. The van der Waals surface area contributed by atoms with E-state index in [0.29, 0.717) is 5.56 Å². The van der Waals surface area contributed by atoms with Crippen LogP contribution in [0.3, 0.4) is 0 Å². The number of esters is 1. The lowest BCUT2D eigenvalue weighted by molar-refractivity contribution is -0.142. The van der Waals surface area contributed by atoms with Crippen molar-refractivity contribution < 1.29 is 14.3 Å². The number of aromatic nitrogens is 1. The second-order valence-electron chi connectivity index (χ2n) is 5.97. The number of methoxy groups -OCH3 is 1. The third-order valence-corrected chi connectivity index (χ3v) is 4.68. The quantitative estimate of drug-likeness (QED) is 0.566. The summed E-state index contributed by atoms with van der Waals surface area (Å²) < 4.78 is 5.67. The summed E-state index contributed by atoms with van der Waals surface area (Å²) >= 11 is 3.31. The Morgan fingerprint density at radius 2 is 1.89 bits per heavy atom. The number of carbonyl (C=O) groups excluding carboxylic acids is 2. The minimum Gasteiger partial charge on any atom is -0.469 e. The highest BCUT2D eigenvalue weighted by molar-refractivity contribution is 9.10. The fraction of sp³-hybridized carbons (Fsp3) is 0.143. The zero-order chi connectivity index (χ0) is 19.4. The maximum Gasteiger partial charge on any atom is 0.314 e. The lowest BCUT2D eigenvalue weighted by atomic mass is 10.1. The third kappa shape index (κ3) is 4.28. The molecule has 27 heavy (non-hydrogen) atoms. The van der Waals surface area contributed by atoms with Crippen molar-refractivity contribution in [2.24, 2.45) is 4.99 Å². The molecule has 0 bridgehead atoms. The minimum atomic E-state index is -0.324. The van der Waals surface area contributed by atoms with Crippen molar-refractivity contribution in [3.05, 3.63) is 75.9 Å². The molecule has 1 unspecified atom stereocenters. The Morgan fingerprint density at radius 3 is 2.67 bits per heavy atom. The van der Waals surface area contributed by atoms with Crippen molar-refractivity contribution in [1.29, 1.82) is 0 Å². The van der Waals surface area contributed by atoms with Gasteiger partial charge in [-0.3, -0.25) is 14.6 Å². The van der Waals surface area contributed by atoms with Gasteiger partial charge in [-0.15, -0.1) is 0 Å². The first-order chi connectivity index (χ1) is 13.0. The van der Waals surface area contributed by atoms with Gasteiger partial charge in [-0.1, -0.05) is 40.2 Å². The lowest BCUT2D eigenvalue weighted by Crippen LogP contribution is -2.12. The van der Waals surface area contributed by atoms with Crippen LogP contribution < -0.4 is 0 Å². The summed E-state index contributed by atoms with van der Waals surface area (Å²) in [6.45, 7) is 1.79. The van der Waals surface area contributed by atoms with Crippen LogP contribution >= 0.6 is 15.9 Å². The SMILES string of the molecule is COC(=O)C(C)c1ccc2ccccc2n1.O=C1N=Cc2cc(Br)ccc21. The van der Waals surface area contributed by atoms with Crippen molar-refractivity contribution in [3.63, 3.8) is 0 Å². The molecule has 0 fully saturated rings. The highest BCUT2D eigenvalue weighted by Crippen LogP contribution is 2.20. The van der Waals surface area contributed by atoms with Crippen LogP contribution in [0, 0.1) is 0 Å². The molecular weight excluding hydrogens is 408 g/mol. The Hall–Kier alpha value is -2.86. The van der Waals surface area contributed by atoms with Crippen LogP contribution in [0.1, 0.15) is 34.5 Å². The minimum absolute atomic E-state index is 0.146. The number of benzene rings is 2. The molecule has 0 aliphatic carbocycles. The first kappa shape index (κ1) is 18.9. The third-order valence-electron chi connectivity index (χ3n) is 4.18. The second kappa shape index (κ2) is 8.22. The van der Waals surface area contributed by atoms with Gasteiger partial charge in [0, 0.05) is 21.6 Å². The van der Waals surface area contributed by atoms with Crippen LogP contribution in [0.4, 0.5) is 0 Å². The van der Waals surface area contributed by atoms with Gasteiger partial charge in [-0.2, -0.15) is 0 Å². The van der Waals surface area contributed by atoms with Gasteiger partial charge in [0.2, 0.25) is 0 Å². The van der Waals surface area contributed by atoms with Gasteiger partial charge in [0.25, 0.3) is 5.91 Å². The van der Waals surface area contributed by atoms with Crippen molar-refractivity contribution >= 4 is 44.9 Å². The molecular formula is C21H17BrN2O3. The molecule has 0 spiro atoms. The Kier molecular flexibility index (Phi) is 5.76. The summed E-state index contributed by atoms with van der Waals surface area (Å²) in [5, 5.41) is 1.07.